The van der Waals surface area contributed by atoms with E-state index in [4.69, 9.17) is 0 Å². The van der Waals surface area contributed by atoms with Gasteiger partial charge in [-0.2, -0.15) is 4.39 Å². The number of aromatic amines is 1. The first-order valence-electron chi connectivity index (χ1n) is 5.75. The second-order valence-electron chi connectivity index (χ2n) is 4.11. The zero-order valence-corrected chi connectivity index (χ0v) is 10.2. The second kappa shape index (κ2) is 5.60. The number of carbonyl (C=O) groups excluding carboxylic acids is 1. The van der Waals surface area contributed by atoms with Gasteiger partial charge in [0.25, 0.3) is 5.56 Å². The van der Waals surface area contributed by atoms with E-state index in [0.29, 0.717) is 5.56 Å². The number of rotatable bonds is 4. The number of carbonyl (C=O) groups is 1. The molecule has 0 atom stereocenters. The number of hydrogen-bond acceptors (Lipinski definition) is 3. The Hall–Kier alpha value is -2.57. The summed E-state index contributed by atoms with van der Waals surface area (Å²) < 4.78 is 26.6. The van der Waals surface area contributed by atoms with E-state index in [2.05, 4.69) is 0 Å². The third kappa shape index (κ3) is 3.05. The lowest BCUT2D eigenvalue weighted by atomic mass is 10.1. The molecule has 2 rings (SSSR count). The SMILES string of the molecule is O=C(CCn1cc(F)c(=O)[nH]c1=O)c1ccc(F)cc1. The molecule has 1 N–H and O–H groups in total. The van der Waals surface area contributed by atoms with Gasteiger partial charge in [-0.15, -0.1) is 0 Å². The van der Waals surface area contributed by atoms with Gasteiger partial charge in [0.05, 0.1) is 6.20 Å². The highest BCUT2D eigenvalue weighted by Crippen LogP contribution is 2.06. The average molecular weight is 280 g/mol. The molecule has 1 aromatic heterocycles. The average Bonchev–Trinajstić information content (AvgIpc) is 2.42. The summed E-state index contributed by atoms with van der Waals surface area (Å²) >= 11 is 0. The number of nitrogens with zero attached hydrogens (tertiary/aromatic N) is 1. The van der Waals surface area contributed by atoms with Crippen molar-refractivity contribution in [3.8, 4) is 0 Å². The van der Waals surface area contributed by atoms with Gasteiger partial charge in [0, 0.05) is 18.5 Å². The summed E-state index contributed by atoms with van der Waals surface area (Å²) in [6, 6.07) is 4.96. The Labute approximate surface area is 111 Å². The lowest BCUT2D eigenvalue weighted by Crippen LogP contribution is -2.31. The summed E-state index contributed by atoms with van der Waals surface area (Å²) in [7, 11) is 0. The van der Waals surface area contributed by atoms with Crippen LogP contribution in [0.15, 0.2) is 40.1 Å². The summed E-state index contributed by atoms with van der Waals surface area (Å²) in [5, 5.41) is 0. The van der Waals surface area contributed by atoms with E-state index in [1.54, 1.807) is 4.98 Å². The van der Waals surface area contributed by atoms with Crippen LogP contribution in [0.2, 0.25) is 0 Å². The van der Waals surface area contributed by atoms with E-state index in [1.165, 1.54) is 12.1 Å². The van der Waals surface area contributed by atoms with Crippen LogP contribution in [0.1, 0.15) is 16.8 Å². The molecule has 1 aromatic carbocycles. The zero-order valence-electron chi connectivity index (χ0n) is 10.2. The molecule has 0 radical (unpaired) electrons. The Morgan fingerprint density at radius 3 is 2.45 bits per heavy atom. The number of ketones is 1. The van der Waals surface area contributed by atoms with Gasteiger partial charge in [-0.3, -0.25) is 19.1 Å². The molecule has 0 aliphatic heterocycles. The van der Waals surface area contributed by atoms with Gasteiger partial charge in [0.1, 0.15) is 5.82 Å². The molecule has 0 saturated heterocycles. The number of H-pyrrole nitrogens is 1. The molecule has 2 aromatic rings. The molecule has 104 valence electrons. The predicted molar refractivity (Wildman–Crippen MR) is 66.6 cm³/mol. The Bertz CT molecular complexity index is 747. The molecular weight excluding hydrogens is 270 g/mol. The van der Waals surface area contributed by atoms with Crippen LogP contribution in [-0.2, 0) is 6.54 Å². The normalized spacial score (nSPS) is 10.5. The van der Waals surface area contributed by atoms with Crippen LogP contribution in [0.5, 0.6) is 0 Å². The van der Waals surface area contributed by atoms with Gasteiger partial charge < -0.3 is 0 Å². The fourth-order valence-electron chi connectivity index (χ4n) is 1.65. The molecule has 0 amide bonds. The van der Waals surface area contributed by atoms with Crippen LogP contribution in [0.25, 0.3) is 0 Å². The van der Waals surface area contributed by atoms with Gasteiger partial charge in [-0.25, -0.2) is 9.18 Å². The largest absolute Gasteiger partial charge is 0.328 e. The minimum absolute atomic E-state index is 0.0724. The van der Waals surface area contributed by atoms with Crippen LogP contribution in [0, 0.1) is 11.6 Å². The van der Waals surface area contributed by atoms with Crippen molar-refractivity contribution in [3.63, 3.8) is 0 Å². The van der Waals surface area contributed by atoms with Gasteiger partial charge in [0.2, 0.25) is 5.82 Å². The maximum Gasteiger partial charge on any atom is 0.328 e. The third-order valence-electron chi connectivity index (χ3n) is 2.71. The van der Waals surface area contributed by atoms with Crippen molar-refractivity contribution in [2.75, 3.05) is 0 Å². The topological polar surface area (TPSA) is 71.9 Å². The summed E-state index contributed by atoms with van der Waals surface area (Å²) in [5.41, 5.74) is -1.59. The minimum Gasteiger partial charge on any atom is -0.297 e. The highest BCUT2D eigenvalue weighted by Gasteiger charge is 2.08. The molecule has 0 bridgehead atoms. The fraction of sp³-hybridized carbons (Fsp3) is 0.154. The maximum absolute atomic E-state index is 13.0. The van der Waals surface area contributed by atoms with Crippen LogP contribution in [0.3, 0.4) is 0 Å². The number of benzene rings is 1. The molecule has 20 heavy (non-hydrogen) atoms. The number of hydrogen-bond donors (Lipinski definition) is 1. The van der Waals surface area contributed by atoms with E-state index in [-0.39, 0.29) is 18.7 Å². The van der Waals surface area contributed by atoms with Crippen LogP contribution >= 0.6 is 0 Å². The van der Waals surface area contributed by atoms with E-state index in [0.717, 1.165) is 22.9 Å². The molecule has 0 spiro atoms. The molecule has 0 unspecified atom stereocenters. The van der Waals surface area contributed by atoms with Crippen molar-refractivity contribution in [1.82, 2.24) is 9.55 Å². The third-order valence-corrected chi connectivity index (χ3v) is 2.71. The Morgan fingerprint density at radius 1 is 1.15 bits per heavy atom. The number of halogens is 2. The lowest BCUT2D eigenvalue weighted by Gasteiger charge is -2.04. The van der Waals surface area contributed by atoms with E-state index < -0.39 is 22.9 Å². The van der Waals surface area contributed by atoms with Gasteiger partial charge in [0.15, 0.2) is 5.78 Å². The summed E-state index contributed by atoms with van der Waals surface area (Å²) in [4.78, 5) is 35.8. The Balaban J connectivity index is 2.11. The number of Topliss-reactive ketones (excluding diaryl/α,β-unsaturated/α-hetero) is 1. The first-order chi connectivity index (χ1) is 9.47. The van der Waals surface area contributed by atoms with E-state index in [1.807, 2.05) is 0 Å². The van der Waals surface area contributed by atoms with Gasteiger partial charge in [-0.05, 0) is 24.3 Å². The van der Waals surface area contributed by atoms with Crippen molar-refractivity contribution in [1.29, 1.82) is 0 Å². The van der Waals surface area contributed by atoms with Gasteiger partial charge >= 0.3 is 5.69 Å². The quantitative estimate of drug-likeness (QED) is 0.852. The Morgan fingerprint density at radius 2 is 1.80 bits per heavy atom. The fourth-order valence-corrected chi connectivity index (χ4v) is 1.65. The molecule has 7 heteroatoms. The van der Waals surface area contributed by atoms with Crippen molar-refractivity contribution in [2.45, 2.75) is 13.0 Å². The molecule has 0 aliphatic carbocycles. The monoisotopic (exact) mass is 280 g/mol. The standard InChI is InChI=1S/C13H10F2N2O3/c14-9-3-1-8(2-4-9)11(18)5-6-17-7-10(15)12(19)16-13(17)20/h1-4,7H,5-6H2,(H,16,19,20). The van der Waals surface area contributed by atoms with Crippen LogP contribution in [0.4, 0.5) is 8.78 Å². The summed E-state index contributed by atoms with van der Waals surface area (Å²) in [5.74, 6) is -1.87. The molecule has 0 aliphatic rings. The van der Waals surface area contributed by atoms with Gasteiger partial charge in [-0.1, -0.05) is 0 Å². The van der Waals surface area contributed by atoms with Crippen molar-refractivity contribution in [3.05, 3.63) is 68.5 Å². The first kappa shape index (κ1) is 13.9. The lowest BCUT2D eigenvalue weighted by molar-refractivity contribution is 0.0976. The molecule has 5 nitrogen and oxygen atoms in total. The molecule has 0 saturated carbocycles. The minimum atomic E-state index is -1.10. The second-order valence-corrected chi connectivity index (χ2v) is 4.11. The summed E-state index contributed by atoms with van der Waals surface area (Å²) in [6.07, 6.45) is 0.677. The van der Waals surface area contributed by atoms with Crippen molar-refractivity contribution < 1.29 is 13.6 Å². The number of nitrogens with one attached hydrogen (secondary N) is 1. The Kier molecular flexibility index (Phi) is 3.88. The number of aromatic nitrogens is 2. The number of aryl methyl sites for hydroxylation is 1. The zero-order chi connectivity index (χ0) is 14.7. The highest BCUT2D eigenvalue weighted by molar-refractivity contribution is 5.95. The van der Waals surface area contributed by atoms with Crippen LogP contribution < -0.4 is 11.2 Å². The van der Waals surface area contributed by atoms with Crippen LogP contribution in [-0.4, -0.2) is 15.3 Å². The highest BCUT2D eigenvalue weighted by atomic mass is 19.1. The first-order valence-corrected chi connectivity index (χ1v) is 5.75. The molecule has 0 fully saturated rings. The predicted octanol–water partition coefficient (Wildman–Crippen LogP) is 1.09. The van der Waals surface area contributed by atoms with E-state index in [9.17, 15) is 23.2 Å². The maximum atomic E-state index is 13.0. The molecule has 1 heterocycles. The van der Waals surface area contributed by atoms with Crippen molar-refractivity contribution >= 4 is 5.78 Å². The smallest absolute Gasteiger partial charge is 0.297 e. The van der Waals surface area contributed by atoms with E-state index >= 15 is 0 Å². The summed E-state index contributed by atoms with van der Waals surface area (Å²) in [6.45, 7) is -0.0806. The van der Waals surface area contributed by atoms with Crippen molar-refractivity contribution in [2.24, 2.45) is 0 Å². The molecular formula is C13H10F2N2O3.